The van der Waals surface area contributed by atoms with E-state index in [9.17, 15) is 9.50 Å². The fourth-order valence-corrected chi connectivity index (χ4v) is 2.48. The molecule has 0 heterocycles. The third kappa shape index (κ3) is 6.14. The predicted octanol–water partition coefficient (Wildman–Crippen LogP) is 2.63. The molecule has 0 aromatic heterocycles. The van der Waals surface area contributed by atoms with E-state index in [1.165, 1.54) is 12.1 Å². The van der Waals surface area contributed by atoms with E-state index in [1.54, 1.807) is 26.4 Å². The SMILES string of the molecule is CCNC(=NCc1ccc(OC)cc1OC)NCC(O)c1ccc(F)cc1. The molecule has 0 spiro atoms. The number of methoxy groups -OCH3 is 2. The number of halogens is 1. The number of hydrogen-bond donors (Lipinski definition) is 3. The van der Waals surface area contributed by atoms with Gasteiger partial charge >= 0.3 is 0 Å². The van der Waals surface area contributed by atoms with E-state index in [0.717, 1.165) is 5.56 Å². The van der Waals surface area contributed by atoms with Gasteiger partial charge in [0.25, 0.3) is 0 Å². The van der Waals surface area contributed by atoms with Crippen molar-refractivity contribution in [2.75, 3.05) is 27.3 Å². The van der Waals surface area contributed by atoms with Crippen molar-refractivity contribution in [1.82, 2.24) is 10.6 Å². The Morgan fingerprint density at radius 2 is 1.85 bits per heavy atom. The van der Waals surface area contributed by atoms with Crippen LogP contribution in [0.4, 0.5) is 4.39 Å². The van der Waals surface area contributed by atoms with E-state index in [1.807, 2.05) is 25.1 Å². The number of nitrogens with zero attached hydrogens (tertiary/aromatic N) is 1. The van der Waals surface area contributed by atoms with Gasteiger partial charge in [0.05, 0.1) is 26.9 Å². The smallest absolute Gasteiger partial charge is 0.191 e. The van der Waals surface area contributed by atoms with Gasteiger partial charge in [0.1, 0.15) is 17.3 Å². The van der Waals surface area contributed by atoms with Crippen LogP contribution >= 0.6 is 0 Å². The molecule has 0 aliphatic carbocycles. The van der Waals surface area contributed by atoms with Gasteiger partial charge < -0.3 is 25.2 Å². The molecule has 2 rings (SSSR count). The molecule has 0 bridgehead atoms. The van der Waals surface area contributed by atoms with Crippen LogP contribution in [0.25, 0.3) is 0 Å². The molecule has 7 heteroatoms. The van der Waals surface area contributed by atoms with Crippen molar-refractivity contribution in [3.63, 3.8) is 0 Å². The number of aliphatic hydroxyl groups is 1. The summed E-state index contributed by atoms with van der Waals surface area (Å²) < 4.78 is 23.6. The van der Waals surface area contributed by atoms with Gasteiger partial charge in [-0.25, -0.2) is 9.38 Å². The lowest BCUT2D eigenvalue weighted by Crippen LogP contribution is -2.39. The van der Waals surface area contributed by atoms with E-state index < -0.39 is 6.10 Å². The van der Waals surface area contributed by atoms with Crippen LogP contribution in [0.15, 0.2) is 47.5 Å². The number of hydrogen-bond acceptors (Lipinski definition) is 4. The summed E-state index contributed by atoms with van der Waals surface area (Å²) in [6, 6.07) is 11.3. The molecule has 0 aliphatic rings. The summed E-state index contributed by atoms with van der Waals surface area (Å²) in [6.07, 6.45) is -0.773. The van der Waals surface area contributed by atoms with Crippen LogP contribution in [0.3, 0.4) is 0 Å². The topological polar surface area (TPSA) is 75.1 Å². The molecule has 27 heavy (non-hydrogen) atoms. The van der Waals surface area contributed by atoms with Gasteiger partial charge in [-0.05, 0) is 36.8 Å². The predicted molar refractivity (Wildman–Crippen MR) is 104 cm³/mol. The molecule has 0 aliphatic heterocycles. The minimum atomic E-state index is -0.773. The van der Waals surface area contributed by atoms with Crippen LogP contribution in [0.2, 0.25) is 0 Å². The average Bonchev–Trinajstić information content (AvgIpc) is 2.70. The Balaban J connectivity index is 2.02. The average molecular weight is 375 g/mol. The number of guanidine groups is 1. The molecule has 0 fully saturated rings. The first-order chi connectivity index (χ1) is 13.1. The highest BCUT2D eigenvalue weighted by molar-refractivity contribution is 5.79. The molecule has 0 amide bonds. The van der Waals surface area contributed by atoms with Gasteiger partial charge in [0.2, 0.25) is 0 Å². The second-order valence-electron chi connectivity index (χ2n) is 5.82. The quantitative estimate of drug-likeness (QED) is 0.489. The molecular formula is C20H26FN3O3. The number of rotatable bonds is 8. The molecule has 1 unspecified atom stereocenters. The molecule has 0 radical (unpaired) electrons. The Morgan fingerprint density at radius 1 is 1.11 bits per heavy atom. The Kier molecular flexibility index (Phi) is 7.88. The lowest BCUT2D eigenvalue weighted by Gasteiger charge is -2.16. The molecule has 2 aromatic carbocycles. The number of nitrogens with one attached hydrogen (secondary N) is 2. The highest BCUT2D eigenvalue weighted by Gasteiger charge is 2.09. The van der Waals surface area contributed by atoms with Gasteiger partial charge in [0, 0.05) is 24.7 Å². The fourth-order valence-electron chi connectivity index (χ4n) is 2.48. The van der Waals surface area contributed by atoms with Crippen LogP contribution in [0.5, 0.6) is 11.5 Å². The monoisotopic (exact) mass is 375 g/mol. The Bertz CT molecular complexity index is 751. The van der Waals surface area contributed by atoms with Crippen molar-refractivity contribution < 1.29 is 19.0 Å². The summed E-state index contributed by atoms with van der Waals surface area (Å²) in [5, 5.41) is 16.5. The number of ether oxygens (including phenoxy) is 2. The minimum absolute atomic E-state index is 0.247. The first-order valence-corrected chi connectivity index (χ1v) is 8.74. The first-order valence-electron chi connectivity index (χ1n) is 8.74. The zero-order chi connectivity index (χ0) is 19.6. The summed E-state index contributed by atoms with van der Waals surface area (Å²) in [7, 11) is 3.21. The summed E-state index contributed by atoms with van der Waals surface area (Å²) in [6.45, 7) is 3.28. The molecule has 2 aromatic rings. The molecule has 3 N–H and O–H groups in total. The number of benzene rings is 2. The van der Waals surface area contributed by atoms with Crippen LogP contribution in [0, 0.1) is 5.82 Å². The summed E-state index contributed by atoms with van der Waals surface area (Å²) in [5.41, 5.74) is 1.55. The molecule has 146 valence electrons. The Hall–Kier alpha value is -2.80. The first kappa shape index (κ1) is 20.5. The van der Waals surface area contributed by atoms with Crippen molar-refractivity contribution in [3.05, 3.63) is 59.4 Å². The van der Waals surface area contributed by atoms with E-state index in [0.29, 0.717) is 36.1 Å². The summed E-state index contributed by atoms with van der Waals surface area (Å²) in [5.74, 6) is 1.64. The standard InChI is InChI=1S/C20H26FN3O3/c1-4-22-20(24-13-18(25)14-5-8-16(21)9-6-14)23-12-15-7-10-17(26-2)11-19(15)27-3/h5-11,18,25H,4,12-13H2,1-3H3,(H2,22,23,24). The highest BCUT2D eigenvalue weighted by atomic mass is 19.1. The molecule has 0 saturated carbocycles. The fraction of sp³-hybridized carbons (Fsp3) is 0.350. The maximum Gasteiger partial charge on any atom is 0.191 e. The van der Waals surface area contributed by atoms with E-state index >= 15 is 0 Å². The van der Waals surface area contributed by atoms with Gasteiger partial charge in [-0.2, -0.15) is 0 Å². The van der Waals surface area contributed by atoms with Crippen molar-refractivity contribution >= 4 is 5.96 Å². The summed E-state index contributed by atoms with van der Waals surface area (Å²) in [4.78, 5) is 4.53. The summed E-state index contributed by atoms with van der Waals surface area (Å²) >= 11 is 0. The van der Waals surface area contributed by atoms with Crippen molar-refractivity contribution in [2.24, 2.45) is 4.99 Å². The third-order valence-electron chi connectivity index (χ3n) is 3.96. The molecular weight excluding hydrogens is 349 g/mol. The molecule has 1 atom stereocenters. The zero-order valence-corrected chi connectivity index (χ0v) is 15.8. The van der Waals surface area contributed by atoms with E-state index in [2.05, 4.69) is 15.6 Å². The van der Waals surface area contributed by atoms with Crippen molar-refractivity contribution in [1.29, 1.82) is 0 Å². The third-order valence-corrected chi connectivity index (χ3v) is 3.96. The van der Waals surface area contributed by atoms with Crippen LogP contribution in [-0.4, -0.2) is 38.4 Å². The largest absolute Gasteiger partial charge is 0.497 e. The normalized spacial score (nSPS) is 12.4. The lowest BCUT2D eigenvalue weighted by molar-refractivity contribution is 0.180. The van der Waals surface area contributed by atoms with Gasteiger partial charge in [0.15, 0.2) is 5.96 Å². The maximum atomic E-state index is 13.0. The number of aliphatic hydroxyl groups excluding tert-OH is 1. The van der Waals surface area contributed by atoms with E-state index in [4.69, 9.17) is 9.47 Å². The van der Waals surface area contributed by atoms with Crippen LogP contribution in [-0.2, 0) is 6.54 Å². The maximum absolute atomic E-state index is 13.0. The Labute approximate surface area is 159 Å². The number of aliphatic imine (C=N–C) groups is 1. The van der Waals surface area contributed by atoms with Crippen molar-refractivity contribution in [3.8, 4) is 11.5 Å². The van der Waals surface area contributed by atoms with Crippen molar-refractivity contribution in [2.45, 2.75) is 19.6 Å². The van der Waals surface area contributed by atoms with Crippen LogP contribution in [0.1, 0.15) is 24.2 Å². The second kappa shape index (κ2) is 10.4. The highest BCUT2D eigenvalue weighted by Crippen LogP contribution is 2.25. The Morgan fingerprint density at radius 3 is 2.48 bits per heavy atom. The van der Waals surface area contributed by atoms with Gasteiger partial charge in [-0.1, -0.05) is 12.1 Å². The minimum Gasteiger partial charge on any atom is -0.497 e. The molecule has 0 saturated heterocycles. The van der Waals surface area contributed by atoms with E-state index in [-0.39, 0.29) is 12.4 Å². The van der Waals surface area contributed by atoms with Gasteiger partial charge in [-0.15, -0.1) is 0 Å². The lowest BCUT2D eigenvalue weighted by atomic mass is 10.1. The second-order valence-corrected chi connectivity index (χ2v) is 5.82. The van der Waals surface area contributed by atoms with Gasteiger partial charge in [-0.3, -0.25) is 0 Å². The molecule has 6 nitrogen and oxygen atoms in total. The zero-order valence-electron chi connectivity index (χ0n) is 15.8. The van der Waals surface area contributed by atoms with Crippen LogP contribution < -0.4 is 20.1 Å².